The Balaban J connectivity index is 2.06. The van der Waals surface area contributed by atoms with Crippen LogP contribution in [0.1, 0.15) is 18.5 Å². The van der Waals surface area contributed by atoms with Crippen molar-refractivity contribution in [1.29, 1.82) is 0 Å². The lowest BCUT2D eigenvalue weighted by Crippen LogP contribution is -2.32. The third kappa shape index (κ3) is 2.00. The maximum Gasteiger partial charge on any atom is 0.0874 e. The van der Waals surface area contributed by atoms with Crippen molar-refractivity contribution in [3.8, 4) is 0 Å². The van der Waals surface area contributed by atoms with E-state index in [1.807, 2.05) is 5.38 Å². The number of hydrogen-bond acceptors (Lipinski definition) is 4. The van der Waals surface area contributed by atoms with Gasteiger partial charge in [-0.1, -0.05) is 4.49 Å². The Bertz CT molecular complexity index is 259. The van der Waals surface area contributed by atoms with Crippen LogP contribution in [0.2, 0.25) is 0 Å². The molecule has 1 aromatic rings. The second kappa shape index (κ2) is 3.90. The topological polar surface area (TPSA) is 35.0 Å². The van der Waals surface area contributed by atoms with Crippen LogP contribution in [0.4, 0.5) is 0 Å². The van der Waals surface area contributed by atoms with Gasteiger partial charge >= 0.3 is 0 Å². The summed E-state index contributed by atoms with van der Waals surface area (Å²) in [5.41, 5.74) is 0.824. The number of nitrogens with zero attached hydrogens (tertiary/aromatic N) is 2. The normalized spacial score (nSPS) is 28.1. The van der Waals surface area contributed by atoms with Crippen molar-refractivity contribution in [2.75, 3.05) is 12.5 Å². The molecule has 5 heteroatoms. The molecule has 1 unspecified atom stereocenters. The molecule has 1 aliphatic rings. The van der Waals surface area contributed by atoms with Gasteiger partial charge in [0.1, 0.15) is 0 Å². The van der Waals surface area contributed by atoms with Crippen molar-refractivity contribution in [2.24, 2.45) is 0 Å². The first-order valence-electron chi connectivity index (χ1n) is 4.30. The van der Waals surface area contributed by atoms with Crippen LogP contribution in [0, 0.1) is 0 Å². The molecule has 1 aromatic heterocycles. The van der Waals surface area contributed by atoms with Gasteiger partial charge < -0.3 is 4.74 Å². The zero-order chi connectivity index (χ0) is 9.15. The molecule has 2 heterocycles. The van der Waals surface area contributed by atoms with E-state index in [1.165, 1.54) is 11.5 Å². The Hall–Kier alpha value is -0.190. The predicted octanol–water partition coefficient (Wildman–Crippen LogP) is 1.87. The van der Waals surface area contributed by atoms with Crippen LogP contribution in [-0.4, -0.2) is 27.7 Å². The lowest BCUT2D eigenvalue weighted by atomic mass is 9.97. The first kappa shape index (κ1) is 9.37. The van der Waals surface area contributed by atoms with Crippen LogP contribution >= 0.6 is 23.1 Å². The third-order valence-electron chi connectivity index (χ3n) is 2.34. The highest BCUT2D eigenvalue weighted by atomic mass is 35.5. The monoisotopic (exact) mass is 218 g/mol. The van der Waals surface area contributed by atoms with Crippen LogP contribution in [0.25, 0.3) is 0 Å². The molecule has 13 heavy (non-hydrogen) atoms. The molecule has 0 amide bonds. The Labute approximate surface area is 86.2 Å². The van der Waals surface area contributed by atoms with Crippen LogP contribution in [0.3, 0.4) is 0 Å². The summed E-state index contributed by atoms with van der Waals surface area (Å²) >= 11 is 7.28. The van der Waals surface area contributed by atoms with Crippen LogP contribution in [0.15, 0.2) is 5.38 Å². The van der Waals surface area contributed by atoms with Crippen LogP contribution in [0.5, 0.6) is 0 Å². The number of alkyl halides is 1. The molecule has 2 rings (SSSR count). The first-order valence-corrected chi connectivity index (χ1v) is 5.68. The van der Waals surface area contributed by atoms with Gasteiger partial charge in [0.25, 0.3) is 0 Å². The van der Waals surface area contributed by atoms with Crippen molar-refractivity contribution in [3.05, 3.63) is 11.1 Å². The molecule has 0 N–H and O–H groups in total. The van der Waals surface area contributed by atoms with E-state index in [-0.39, 0.29) is 5.60 Å². The lowest BCUT2D eigenvalue weighted by molar-refractivity contribution is 0.0230. The molecule has 3 nitrogen and oxygen atoms in total. The predicted molar refractivity (Wildman–Crippen MR) is 52.3 cm³/mol. The molecule has 1 saturated heterocycles. The van der Waals surface area contributed by atoms with Gasteiger partial charge in [-0.05, 0) is 24.4 Å². The second-order valence-electron chi connectivity index (χ2n) is 3.34. The zero-order valence-electron chi connectivity index (χ0n) is 7.20. The lowest BCUT2D eigenvalue weighted by Gasteiger charge is -2.24. The molecule has 0 bridgehead atoms. The average molecular weight is 219 g/mol. The number of aromatic nitrogens is 2. The van der Waals surface area contributed by atoms with E-state index in [9.17, 15) is 0 Å². The van der Waals surface area contributed by atoms with Gasteiger partial charge in [0, 0.05) is 18.4 Å². The summed E-state index contributed by atoms with van der Waals surface area (Å²) in [5.74, 6) is 0.546. The third-order valence-corrected chi connectivity index (χ3v) is 3.38. The highest BCUT2D eigenvalue weighted by Gasteiger charge is 2.35. The SMILES string of the molecule is ClCC1(Cc2csnn2)CCCO1. The van der Waals surface area contributed by atoms with Gasteiger partial charge in [-0.15, -0.1) is 16.7 Å². The Morgan fingerprint density at radius 2 is 2.62 bits per heavy atom. The molecule has 1 fully saturated rings. The van der Waals surface area contributed by atoms with E-state index in [4.69, 9.17) is 16.3 Å². The molecule has 0 aromatic carbocycles. The maximum absolute atomic E-state index is 5.91. The standard InChI is InChI=1S/C8H11ClN2OS/c9-6-8(2-1-3-12-8)4-7-5-13-11-10-7/h5H,1-4,6H2. The fourth-order valence-corrected chi connectivity index (χ4v) is 2.39. The van der Waals surface area contributed by atoms with E-state index in [0.717, 1.165) is 31.6 Å². The van der Waals surface area contributed by atoms with Gasteiger partial charge in [0.2, 0.25) is 0 Å². The molecule has 72 valence electrons. The van der Waals surface area contributed by atoms with Gasteiger partial charge in [0.15, 0.2) is 0 Å². The summed E-state index contributed by atoms with van der Waals surface area (Å²) in [7, 11) is 0. The zero-order valence-corrected chi connectivity index (χ0v) is 8.77. The summed E-state index contributed by atoms with van der Waals surface area (Å²) in [6, 6.07) is 0. The first-order chi connectivity index (χ1) is 6.35. The minimum atomic E-state index is -0.169. The van der Waals surface area contributed by atoms with E-state index in [0.29, 0.717) is 5.88 Å². The smallest absolute Gasteiger partial charge is 0.0874 e. The Morgan fingerprint density at radius 3 is 3.15 bits per heavy atom. The average Bonchev–Trinajstić information content (AvgIpc) is 2.77. The van der Waals surface area contributed by atoms with Crippen molar-refractivity contribution < 1.29 is 4.74 Å². The fraction of sp³-hybridized carbons (Fsp3) is 0.750. The molecule has 0 radical (unpaired) electrons. The minimum absolute atomic E-state index is 0.169. The molecule has 0 saturated carbocycles. The number of ether oxygens (including phenoxy) is 1. The maximum atomic E-state index is 5.91. The molecule has 1 atom stereocenters. The Kier molecular flexibility index (Phi) is 2.81. The van der Waals surface area contributed by atoms with E-state index in [2.05, 4.69) is 9.59 Å². The molecule has 1 aliphatic heterocycles. The largest absolute Gasteiger partial charge is 0.373 e. The highest BCUT2D eigenvalue weighted by molar-refractivity contribution is 7.03. The molecular weight excluding hydrogens is 208 g/mol. The summed E-state index contributed by atoms with van der Waals surface area (Å²) in [6.07, 6.45) is 2.94. The second-order valence-corrected chi connectivity index (χ2v) is 4.22. The van der Waals surface area contributed by atoms with Gasteiger partial charge in [-0.2, -0.15) is 0 Å². The molecular formula is C8H11ClN2OS. The van der Waals surface area contributed by atoms with E-state index in [1.54, 1.807) is 0 Å². The number of rotatable bonds is 3. The minimum Gasteiger partial charge on any atom is -0.373 e. The van der Waals surface area contributed by atoms with Crippen molar-refractivity contribution in [3.63, 3.8) is 0 Å². The highest BCUT2D eigenvalue weighted by Crippen LogP contribution is 2.30. The summed E-state index contributed by atoms with van der Waals surface area (Å²) in [6.45, 7) is 0.824. The van der Waals surface area contributed by atoms with Crippen molar-refractivity contribution >= 4 is 23.1 Å². The summed E-state index contributed by atoms with van der Waals surface area (Å²) in [4.78, 5) is 0. The number of hydrogen-bond donors (Lipinski definition) is 0. The fourth-order valence-electron chi connectivity index (χ4n) is 1.64. The summed E-state index contributed by atoms with van der Waals surface area (Å²) < 4.78 is 9.49. The van der Waals surface area contributed by atoms with E-state index >= 15 is 0 Å². The van der Waals surface area contributed by atoms with Crippen molar-refractivity contribution in [2.45, 2.75) is 24.9 Å². The number of halogens is 1. The van der Waals surface area contributed by atoms with E-state index < -0.39 is 0 Å². The quantitative estimate of drug-likeness (QED) is 0.727. The molecule has 0 aliphatic carbocycles. The Morgan fingerprint density at radius 1 is 1.69 bits per heavy atom. The van der Waals surface area contributed by atoms with Gasteiger partial charge in [-0.25, -0.2) is 0 Å². The summed E-state index contributed by atoms with van der Waals surface area (Å²) in [5, 5.41) is 5.96. The van der Waals surface area contributed by atoms with Crippen LogP contribution < -0.4 is 0 Å². The molecule has 0 spiro atoms. The van der Waals surface area contributed by atoms with Gasteiger partial charge in [0.05, 0.1) is 17.2 Å². The van der Waals surface area contributed by atoms with Crippen molar-refractivity contribution in [1.82, 2.24) is 9.59 Å². The van der Waals surface area contributed by atoms with Gasteiger partial charge in [-0.3, -0.25) is 0 Å². The van der Waals surface area contributed by atoms with Crippen LogP contribution in [-0.2, 0) is 11.2 Å².